The summed E-state index contributed by atoms with van der Waals surface area (Å²) in [5, 5.41) is 5.68. The van der Waals surface area contributed by atoms with E-state index >= 15 is 0 Å². The maximum atomic E-state index is 2.54. The van der Waals surface area contributed by atoms with E-state index < -0.39 is 0 Å². The highest BCUT2D eigenvalue weighted by molar-refractivity contribution is 7.27. The molecule has 49 heavy (non-hydrogen) atoms. The normalized spacial score (nSPS) is 13.2. The number of hydrogen-bond acceptors (Lipinski definition) is 2. The van der Waals surface area contributed by atoms with Gasteiger partial charge in [-0.05, 0) is 103 Å². The summed E-state index contributed by atoms with van der Waals surface area (Å²) in [6.45, 7) is 7.06. The first-order chi connectivity index (χ1) is 23.9. The quantitative estimate of drug-likeness (QED) is 0.162. The molecule has 0 fully saturated rings. The standard InChI is InChI=1S/C46H31BS2/c1-46(2,3)28-21-22-29(32(25-28)26-11-5-4-6-12-26)27-23-33-30-13-7-17-37-41(30)43-35(15-9-19-39(43)48-37)47-36-16-10-20-40-44(36)42-31(34(24-27)45(33)47)14-8-18-38(42)49-40/h4-25H,1-3H3. The number of fused-ring (bicyclic) bond motifs is 4. The number of rotatable bonds is 2. The molecule has 11 rings (SSSR count). The van der Waals surface area contributed by atoms with Crippen molar-refractivity contribution in [3.63, 3.8) is 0 Å². The van der Waals surface area contributed by atoms with Gasteiger partial charge in [0, 0.05) is 29.6 Å². The van der Waals surface area contributed by atoms with Gasteiger partial charge in [0.2, 0.25) is 6.71 Å². The van der Waals surface area contributed by atoms with Crippen molar-refractivity contribution >= 4 is 86.1 Å². The van der Waals surface area contributed by atoms with Gasteiger partial charge in [-0.15, -0.1) is 22.7 Å². The first-order valence-electron chi connectivity index (χ1n) is 17.2. The number of hydrogen-bond donors (Lipinski definition) is 0. The number of benzene rings is 7. The molecule has 2 aliphatic heterocycles. The minimum absolute atomic E-state index is 0.0461. The average Bonchev–Trinajstić information content (AvgIpc) is 3.63. The van der Waals surface area contributed by atoms with E-state index in [1.807, 2.05) is 22.7 Å². The van der Waals surface area contributed by atoms with Crippen molar-refractivity contribution in [1.29, 1.82) is 0 Å². The Morgan fingerprint density at radius 3 is 1.49 bits per heavy atom. The zero-order chi connectivity index (χ0) is 32.6. The maximum Gasteiger partial charge on any atom is 0.244 e. The van der Waals surface area contributed by atoms with E-state index in [0.29, 0.717) is 0 Å². The summed E-state index contributed by atoms with van der Waals surface area (Å²) in [6.07, 6.45) is 0. The molecule has 0 nitrogen and oxygen atoms in total. The molecule has 9 aromatic rings. The van der Waals surface area contributed by atoms with Crippen LogP contribution in [0.25, 0.3) is 84.9 Å². The van der Waals surface area contributed by atoms with Crippen LogP contribution in [0.1, 0.15) is 26.3 Å². The molecule has 0 unspecified atom stereocenters. The van der Waals surface area contributed by atoms with Crippen LogP contribution in [-0.2, 0) is 5.41 Å². The van der Waals surface area contributed by atoms with E-state index in [4.69, 9.17) is 0 Å². The van der Waals surface area contributed by atoms with Gasteiger partial charge < -0.3 is 0 Å². The lowest BCUT2D eigenvalue weighted by atomic mass is 9.35. The van der Waals surface area contributed by atoms with Gasteiger partial charge in [0.05, 0.1) is 0 Å². The lowest BCUT2D eigenvalue weighted by Gasteiger charge is -2.24. The van der Waals surface area contributed by atoms with Crippen LogP contribution in [0.2, 0.25) is 0 Å². The molecule has 230 valence electrons. The zero-order valence-electron chi connectivity index (χ0n) is 27.6. The summed E-state index contributed by atoms with van der Waals surface area (Å²) in [4.78, 5) is 0. The summed E-state index contributed by atoms with van der Waals surface area (Å²) < 4.78 is 5.49. The fourth-order valence-corrected chi connectivity index (χ4v) is 11.2. The molecule has 0 bridgehead atoms. The summed E-state index contributed by atoms with van der Waals surface area (Å²) in [7, 11) is 0. The molecular weight excluding hydrogens is 627 g/mol. The summed E-state index contributed by atoms with van der Waals surface area (Å²) in [5.74, 6) is 0. The molecule has 0 saturated heterocycles. The van der Waals surface area contributed by atoms with Gasteiger partial charge in [-0.2, -0.15) is 0 Å². The van der Waals surface area contributed by atoms with Crippen molar-refractivity contribution in [2.75, 3.05) is 0 Å². The predicted molar refractivity (Wildman–Crippen MR) is 217 cm³/mol. The van der Waals surface area contributed by atoms with Crippen LogP contribution in [0.4, 0.5) is 0 Å². The molecule has 0 spiro atoms. The van der Waals surface area contributed by atoms with Crippen molar-refractivity contribution in [3.05, 3.63) is 139 Å². The summed E-state index contributed by atoms with van der Waals surface area (Å²) in [6, 6.07) is 51.2. The van der Waals surface area contributed by atoms with Crippen molar-refractivity contribution in [1.82, 2.24) is 0 Å². The van der Waals surface area contributed by atoms with Gasteiger partial charge in [-0.3, -0.25) is 0 Å². The third kappa shape index (κ3) is 3.81. The van der Waals surface area contributed by atoms with Crippen LogP contribution in [-0.4, -0.2) is 6.71 Å². The Morgan fingerprint density at radius 2 is 0.939 bits per heavy atom. The predicted octanol–water partition coefficient (Wildman–Crippen LogP) is 11.5. The molecule has 3 heteroatoms. The van der Waals surface area contributed by atoms with Gasteiger partial charge in [0.1, 0.15) is 0 Å². The number of thiophene rings is 2. The van der Waals surface area contributed by atoms with Crippen LogP contribution >= 0.6 is 22.7 Å². The highest BCUT2D eigenvalue weighted by Gasteiger charge is 2.38. The Hall–Kier alpha value is -4.96. The Balaban J connectivity index is 1.34. The van der Waals surface area contributed by atoms with Crippen molar-refractivity contribution in [2.24, 2.45) is 0 Å². The second-order valence-corrected chi connectivity index (χ2v) is 17.0. The van der Waals surface area contributed by atoms with Crippen LogP contribution < -0.4 is 16.4 Å². The maximum absolute atomic E-state index is 2.54. The lowest BCUT2D eigenvalue weighted by Crippen LogP contribution is -2.52. The second kappa shape index (κ2) is 9.82. The molecule has 0 atom stereocenters. The van der Waals surface area contributed by atoms with Crippen molar-refractivity contribution in [3.8, 4) is 44.5 Å². The minimum atomic E-state index is 0.0461. The SMILES string of the molecule is CC(C)(C)c1ccc(-c2cc3c4c(c2)-c2cccc5sc6cccc(c6c25)B4c2cccc4sc5cccc-3c5c24)c(-c2ccccc2)c1. The third-order valence-electron chi connectivity index (χ3n) is 11.1. The molecular formula is C46H31BS2. The molecule has 2 aliphatic rings. The van der Waals surface area contributed by atoms with Gasteiger partial charge in [-0.1, -0.05) is 134 Å². The van der Waals surface area contributed by atoms with Crippen molar-refractivity contribution in [2.45, 2.75) is 26.2 Å². The molecule has 0 amide bonds. The monoisotopic (exact) mass is 658 g/mol. The van der Waals surface area contributed by atoms with Gasteiger partial charge >= 0.3 is 0 Å². The molecule has 7 aromatic carbocycles. The Labute approximate surface area is 294 Å². The topological polar surface area (TPSA) is 0 Å². The Morgan fingerprint density at radius 1 is 0.408 bits per heavy atom. The van der Waals surface area contributed by atoms with E-state index in [2.05, 4.69) is 154 Å². The fourth-order valence-electron chi connectivity index (χ4n) is 8.88. The van der Waals surface area contributed by atoms with E-state index in [-0.39, 0.29) is 12.1 Å². The highest BCUT2D eigenvalue weighted by Crippen LogP contribution is 2.47. The van der Waals surface area contributed by atoms with E-state index in [0.717, 1.165) is 0 Å². The smallest absolute Gasteiger partial charge is 0.135 e. The largest absolute Gasteiger partial charge is 0.244 e. The van der Waals surface area contributed by atoms with E-state index in [9.17, 15) is 0 Å². The van der Waals surface area contributed by atoms with Crippen molar-refractivity contribution < 1.29 is 0 Å². The minimum Gasteiger partial charge on any atom is -0.135 e. The highest BCUT2D eigenvalue weighted by atomic mass is 32.1. The Bertz CT molecular complexity index is 2720. The Kier molecular flexibility index (Phi) is 5.60. The van der Waals surface area contributed by atoms with Crippen LogP contribution in [0, 0.1) is 0 Å². The molecule has 0 aliphatic carbocycles. The van der Waals surface area contributed by atoms with Crippen LogP contribution in [0.15, 0.2) is 133 Å². The lowest BCUT2D eigenvalue weighted by molar-refractivity contribution is 0.590. The molecule has 4 heterocycles. The third-order valence-corrected chi connectivity index (χ3v) is 13.3. The first kappa shape index (κ1) is 27.9. The van der Waals surface area contributed by atoms with E-state index in [1.54, 1.807) is 0 Å². The summed E-state index contributed by atoms with van der Waals surface area (Å²) in [5.41, 5.74) is 16.2. The van der Waals surface area contributed by atoms with Crippen LogP contribution in [0.3, 0.4) is 0 Å². The molecule has 0 radical (unpaired) electrons. The molecule has 0 N–H and O–H groups in total. The van der Waals surface area contributed by atoms with Crippen LogP contribution in [0.5, 0.6) is 0 Å². The summed E-state index contributed by atoms with van der Waals surface area (Å²) >= 11 is 3.87. The molecule has 2 aromatic heterocycles. The van der Waals surface area contributed by atoms with Gasteiger partial charge in [0.25, 0.3) is 0 Å². The fraction of sp³-hybridized carbons (Fsp3) is 0.0870. The van der Waals surface area contributed by atoms with Gasteiger partial charge in [0.15, 0.2) is 0 Å². The first-order valence-corrected chi connectivity index (χ1v) is 18.8. The zero-order valence-corrected chi connectivity index (χ0v) is 29.2. The average molecular weight is 659 g/mol. The second-order valence-electron chi connectivity index (χ2n) is 14.8. The van der Waals surface area contributed by atoms with E-state index in [1.165, 1.54) is 107 Å². The molecule has 0 saturated carbocycles. The van der Waals surface area contributed by atoms with Gasteiger partial charge in [-0.25, -0.2) is 0 Å².